The molecule has 1 aromatic rings. The van der Waals surface area contributed by atoms with E-state index in [2.05, 4.69) is 4.72 Å². The Morgan fingerprint density at radius 1 is 1.39 bits per heavy atom. The standard InChI is InChI=1S/C12H16N2O3S/c1-3-10(8-9-13)14-18(15,16)12-6-4-11(17-2)5-7-12/h4-7,10,14H,3,8H2,1-2H3. The maximum Gasteiger partial charge on any atom is 0.240 e. The Morgan fingerprint density at radius 3 is 2.44 bits per heavy atom. The van der Waals surface area contributed by atoms with Crippen LogP contribution in [0.5, 0.6) is 5.75 Å². The molecule has 6 heteroatoms. The van der Waals surface area contributed by atoms with Crippen molar-refractivity contribution in [2.75, 3.05) is 7.11 Å². The molecule has 1 aromatic carbocycles. The largest absolute Gasteiger partial charge is 0.497 e. The van der Waals surface area contributed by atoms with Gasteiger partial charge in [-0.25, -0.2) is 13.1 Å². The number of rotatable bonds is 6. The summed E-state index contributed by atoms with van der Waals surface area (Å²) in [4.78, 5) is 0.166. The van der Waals surface area contributed by atoms with Gasteiger partial charge in [0.15, 0.2) is 0 Å². The predicted molar refractivity (Wildman–Crippen MR) is 67.6 cm³/mol. The Bertz CT molecular complexity index is 517. The molecule has 98 valence electrons. The van der Waals surface area contributed by atoms with Crippen molar-refractivity contribution in [3.05, 3.63) is 24.3 Å². The number of nitrogens with zero attached hydrogens (tertiary/aromatic N) is 1. The molecule has 1 unspecified atom stereocenters. The van der Waals surface area contributed by atoms with E-state index < -0.39 is 10.0 Å². The molecule has 0 amide bonds. The van der Waals surface area contributed by atoms with E-state index in [-0.39, 0.29) is 17.4 Å². The lowest BCUT2D eigenvalue weighted by Crippen LogP contribution is -2.34. The van der Waals surface area contributed by atoms with Crippen LogP contribution in [0.2, 0.25) is 0 Å². The van der Waals surface area contributed by atoms with Crippen molar-refractivity contribution >= 4 is 10.0 Å². The van der Waals surface area contributed by atoms with Gasteiger partial charge in [-0.15, -0.1) is 0 Å². The van der Waals surface area contributed by atoms with Gasteiger partial charge in [-0.1, -0.05) is 6.92 Å². The van der Waals surface area contributed by atoms with Gasteiger partial charge in [0.1, 0.15) is 5.75 Å². The highest BCUT2D eigenvalue weighted by Gasteiger charge is 2.18. The quantitative estimate of drug-likeness (QED) is 0.851. The molecule has 0 aliphatic rings. The maximum absolute atomic E-state index is 12.0. The highest BCUT2D eigenvalue weighted by molar-refractivity contribution is 7.89. The lowest BCUT2D eigenvalue weighted by molar-refractivity contribution is 0.414. The average molecular weight is 268 g/mol. The average Bonchev–Trinajstić information content (AvgIpc) is 2.38. The summed E-state index contributed by atoms with van der Waals surface area (Å²) in [6.07, 6.45) is 0.731. The van der Waals surface area contributed by atoms with E-state index in [1.807, 2.05) is 13.0 Å². The molecule has 5 nitrogen and oxygen atoms in total. The zero-order valence-corrected chi connectivity index (χ0v) is 11.2. The van der Waals surface area contributed by atoms with Gasteiger partial charge in [-0.05, 0) is 30.7 Å². The summed E-state index contributed by atoms with van der Waals surface area (Å²) < 4.78 is 31.5. The highest BCUT2D eigenvalue weighted by atomic mass is 32.2. The molecule has 0 aliphatic carbocycles. The third kappa shape index (κ3) is 3.72. The summed E-state index contributed by atoms with van der Waals surface area (Å²) in [6, 6.07) is 7.72. The van der Waals surface area contributed by atoms with Crippen LogP contribution in [0.15, 0.2) is 29.2 Å². The third-order valence-corrected chi connectivity index (χ3v) is 4.06. The fourth-order valence-corrected chi connectivity index (χ4v) is 2.74. The number of hydrogen-bond acceptors (Lipinski definition) is 4. The number of ether oxygens (including phenoxy) is 1. The van der Waals surface area contributed by atoms with Crippen molar-refractivity contribution in [2.45, 2.75) is 30.7 Å². The fraction of sp³-hybridized carbons (Fsp3) is 0.417. The third-order valence-electron chi connectivity index (χ3n) is 2.52. The summed E-state index contributed by atoms with van der Waals surface area (Å²) in [6.45, 7) is 1.83. The van der Waals surface area contributed by atoms with Crippen molar-refractivity contribution in [1.29, 1.82) is 5.26 Å². The molecule has 0 aliphatic heterocycles. The molecule has 0 saturated carbocycles. The van der Waals surface area contributed by atoms with Gasteiger partial charge in [0.05, 0.1) is 24.5 Å². The normalized spacial score (nSPS) is 12.7. The van der Waals surface area contributed by atoms with Crippen LogP contribution in [0.4, 0.5) is 0 Å². The minimum absolute atomic E-state index is 0.159. The molecule has 0 saturated heterocycles. The first-order valence-corrected chi connectivity index (χ1v) is 7.05. The van der Waals surface area contributed by atoms with Crippen LogP contribution in [0.25, 0.3) is 0 Å². The van der Waals surface area contributed by atoms with Crippen molar-refractivity contribution in [3.63, 3.8) is 0 Å². The number of nitriles is 1. The minimum Gasteiger partial charge on any atom is -0.497 e. The molecule has 0 aromatic heterocycles. The molecule has 0 fully saturated rings. The number of nitrogens with one attached hydrogen (secondary N) is 1. The fourth-order valence-electron chi connectivity index (χ4n) is 1.42. The Balaban J connectivity index is 2.88. The van der Waals surface area contributed by atoms with Gasteiger partial charge >= 0.3 is 0 Å². The Morgan fingerprint density at radius 2 is 2.00 bits per heavy atom. The Hall–Kier alpha value is -1.58. The summed E-state index contributed by atoms with van der Waals surface area (Å²) in [5, 5.41) is 8.60. The van der Waals surface area contributed by atoms with Gasteiger partial charge < -0.3 is 4.74 Å². The van der Waals surface area contributed by atoms with Crippen molar-refractivity contribution in [3.8, 4) is 11.8 Å². The molecule has 0 heterocycles. The SMILES string of the molecule is CCC(CC#N)NS(=O)(=O)c1ccc(OC)cc1. The van der Waals surface area contributed by atoms with E-state index in [1.165, 1.54) is 19.2 Å². The zero-order valence-electron chi connectivity index (χ0n) is 10.4. The zero-order chi connectivity index (χ0) is 13.6. The van der Waals surface area contributed by atoms with Gasteiger partial charge in [0.2, 0.25) is 10.0 Å². The summed E-state index contributed by atoms with van der Waals surface area (Å²) >= 11 is 0. The van der Waals surface area contributed by atoms with Crippen molar-refractivity contribution in [2.24, 2.45) is 0 Å². The first-order valence-electron chi connectivity index (χ1n) is 5.56. The number of methoxy groups -OCH3 is 1. The molecule has 1 N–H and O–H groups in total. The molecule has 1 rings (SSSR count). The Kier molecular flexibility index (Phi) is 5.13. The van der Waals surface area contributed by atoms with Crippen LogP contribution in [0.1, 0.15) is 19.8 Å². The second kappa shape index (κ2) is 6.38. The Labute approximate surface area is 107 Å². The van der Waals surface area contributed by atoms with E-state index in [0.717, 1.165) is 0 Å². The lowest BCUT2D eigenvalue weighted by Gasteiger charge is -2.14. The van der Waals surface area contributed by atoms with Crippen LogP contribution < -0.4 is 9.46 Å². The minimum atomic E-state index is -3.58. The van der Waals surface area contributed by atoms with Gasteiger partial charge in [0, 0.05) is 6.04 Å². The topological polar surface area (TPSA) is 79.2 Å². The van der Waals surface area contributed by atoms with Crippen LogP contribution in [0.3, 0.4) is 0 Å². The van der Waals surface area contributed by atoms with Gasteiger partial charge in [-0.3, -0.25) is 0 Å². The summed E-state index contributed by atoms with van der Waals surface area (Å²) in [5.41, 5.74) is 0. The van der Waals surface area contributed by atoms with E-state index in [0.29, 0.717) is 12.2 Å². The molecule has 0 spiro atoms. The summed E-state index contributed by atoms with van der Waals surface area (Å²) in [7, 11) is -2.06. The maximum atomic E-state index is 12.0. The van der Waals surface area contributed by atoms with E-state index in [1.54, 1.807) is 12.1 Å². The van der Waals surface area contributed by atoms with Crippen molar-refractivity contribution in [1.82, 2.24) is 4.72 Å². The monoisotopic (exact) mass is 268 g/mol. The lowest BCUT2D eigenvalue weighted by atomic mass is 10.2. The second-order valence-corrected chi connectivity index (χ2v) is 5.48. The van der Waals surface area contributed by atoms with Crippen LogP contribution in [-0.4, -0.2) is 21.6 Å². The smallest absolute Gasteiger partial charge is 0.240 e. The molecule has 1 atom stereocenters. The summed E-state index contributed by atoms with van der Waals surface area (Å²) in [5.74, 6) is 0.595. The van der Waals surface area contributed by atoms with Gasteiger partial charge in [-0.2, -0.15) is 5.26 Å². The number of hydrogen-bond donors (Lipinski definition) is 1. The molecular formula is C12H16N2O3S. The first-order chi connectivity index (χ1) is 8.53. The highest BCUT2D eigenvalue weighted by Crippen LogP contribution is 2.16. The van der Waals surface area contributed by atoms with Crippen LogP contribution in [0, 0.1) is 11.3 Å². The van der Waals surface area contributed by atoms with Gasteiger partial charge in [0.25, 0.3) is 0 Å². The van der Waals surface area contributed by atoms with E-state index in [9.17, 15) is 8.42 Å². The predicted octanol–water partition coefficient (Wildman–Crippen LogP) is 1.67. The second-order valence-electron chi connectivity index (χ2n) is 3.76. The van der Waals surface area contributed by atoms with Crippen LogP contribution >= 0.6 is 0 Å². The molecule has 0 bridgehead atoms. The first kappa shape index (κ1) is 14.5. The van der Waals surface area contributed by atoms with Crippen molar-refractivity contribution < 1.29 is 13.2 Å². The molecular weight excluding hydrogens is 252 g/mol. The van der Waals surface area contributed by atoms with E-state index in [4.69, 9.17) is 10.00 Å². The number of sulfonamides is 1. The van der Waals surface area contributed by atoms with E-state index >= 15 is 0 Å². The molecule has 18 heavy (non-hydrogen) atoms. The number of benzene rings is 1. The molecule has 0 radical (unpaired) electrons. The van der Waals surface area contributed by atoms with Crippen LogP contribution in [-0.2, 0) is 10.0 Å².